The van der Waals surface area contributed by atoms with Crippen LogP contribution in [0.3, 0.4) is 0 Å². The maximum Gasteiger partial charge on any atom is 0.232 e. The zero-order chi connectivity index (χ0) is 13.9. The van der Waals surface area contributed by atoms with Crippen LogP contribution >= 0.6 is 0 Å². The van der Waals surface area contributed by atoms with Crippen LogP contribution in [0.15, 0.2) is 43.1 Å². The lowest BCUT2D eigenvalue weighted by atomic mass is 10.2. The first-order valence-corrected chi connectivity index (χ1v) is 5.65. The molecule has 0 saturated carbocycles. The third-order valence-corrected chi connectivity index (χ3v) is 2.59. The summed E-state index contributed by atoms with van der Waals surface area (Å²) in [4.78, 5) is 11.5. The third kappa shape index (κ3) is 2.22. The Morgan fingerprint density at radius 3 is 2.65 bits per heavy atom. The van der Waals surface area contributed by atoms with Crippen molar-refractivity contribution in [3.8, 4) is 23.0 Å². The first kappa shape index (κ1) is 11.9. The largest absolute Gasteiger partial charge is 0.259 e. The van der Waals surface area contributed by atoms with Gasteiger partial charge >= 0.3 is 0 Å². The van der Waals surface area contributed by atoms with Crippen molar-refractivity contribution in [2.75, 3.05) is 0 Å². The van der Waals surface area contributed by atoms with Crippen molar-refractivity contribution in [2.24, 2.45) is 0 Å². The number of nitriles is 1. The summed E-state index contributed by atoms with van der Waals surface area (Å²) in [6.45, 7) is 0. The Kier molecular flexibility index (Phi) is 2.89. The molecule has 0 radical (unpaired) electrons. The molecule has 0 saturated heterocycles. The first-order chi connectivity index (χ1) is 9.76. The van der Waals surface area contributed by atoms with E-state index in [0.717, 1.165) is 6.20 Å². The van der Waals surface area contributed by atoms with E-state index in [2.05, 4.69) is 20.1 Å². The zero-order valence-electron chi connectivity index (χ0n) is 10.1. The van der Waals surface area contributed by atoms with Crippen LogP contribution in [-0.2, 0) is 0 Å². The zero-order valence-corrected chi connectivity index (χ0v) is 10.1. The fraction of sp³-hybridized carbons (Fsp3) is 0. The normalized spacial score (nSPS) is 10.2. The maximum absolute atomic E-state index is 13.1. The summed E-state index contributed by atoms with van der Waals surface area (Å²) in [5.74, 6) is -0.330. The van der Waals surface area contributed by atoms with Crippen molar-refractivity contribution in [3.05, 3.63) is 54.8 Å². The number of pyridine rings is 1. The molecule has 20 heavy (non-hydrogen) atoms. The Bertz CT molecular complexity index is 787. The van der Waals surface area contributed by atoms with Gasteiger partial charge in [0.15, 0.2) is 0 Å². The van der Waals surface area contributed by atoms with Crippen LogP contribution in [0.25, 0.3) is 16.9 Å². The number of halogens is 1. The summed E-state index contributed by atoms with van der Waals surface area (Å²) in [6, 6.07) is 4.92. The summed E-state index contributed by atoms with van der Waals surface area (Å²) >= 11 is 0. The molecule has 0 aliphatic heterocycles. The van der Waals surface area contributed by atoms with Crippen molar-refractivity contribution in [3.63, 3.8) is 0 Å². The fourth-order valence-electron chi connectivity index (χ4n) is 1.67. The van der Waals surface area contributed by atoms with Crippen molar-refractivity contribution < 1.29 is 4.39 Å². The van der Waals surface area contributed by atoms with Gasteiger partial charge < -0.3 is 0 Å². The van der Waals surface area contributed by atoms with Gasteiger partial charge in [0.2, 0.25) is 5.82 Å². The molecule has 96 valence electrons. The quantitative estimate of drug-likeness (QED) is 0.705. The predicted octanol–water partition coefficient (Wildman–Crippen LogP) is 1.74. The number of hydrogen-bond donors (Lipinski definition) is 0. The van der Waals surface area contributed by atoms with Gasteiger partial charge in [0.05, 0.1) is 23.8 Å². The van der Waals surface area contributed by atoms with Gasteiger partial charge in [0.1, 0.15) is 11.9 Å². The molecule has 7 heteroatoms. The average Bonchev–Trinajstić information content (AvgIpc) is 2.97. The molecular weight excluding hydrogens is 259 g/mol. The van der Waals surface area contributed by atoms with Crippen LogP contribution in [0.1, 0.15) is 5.82 Å². The van der Waals surface area contributed by atoms with E-state index < -0.39 is 5.82 Å². The number of aromatic nitrogens is 5. The van der Waals surface area contributed by atoms with Gasteiger partial charge in [0, 0.05) is 30.2 Å². The maximum atomic E-state index is 13.1. The molecule has 0 fully saturated rings. The summed E-state index contributed by atoms with van der Waals surface area (Å²) in [5, 5.41) is 12.9. The molecular formula is C13H7FN6. The van der Waals surface area contributed by atoms with Gasteiger partial charge in [-0.2, -0.15) is 10.4 Å². The highest BCUT2D eigenvalue weighted by atomic mass is 19.1. The van der Waals surface area contributed by atoms with E-state index in [0.29, 0.717) is 16.9 Å². The van der Waals surface area contributed by atoms with Gasteiger partial charge in [-0.15, -0.1) is 0 Å². The van der Waals surface area contributed by atoms with Crippen LogP contribution < -0.4 is 0 Å². The molecule has 3 aromatic heterocycles. The molecule has 0 amide bonds. The van der Waals surface area contributed by atoms with Gasteiger partial charge in [-0.05, 0) is 6.07 Å². The molecule has 0 atom stereocenters. The molecule has 3 aromatic rings. The summed E-state index contributed by atoms with van der Waals surface area (Å²) in [7, 11) is 0. The van der Waals surface area contributed by atoms with Crippen LogP contribution in [0, 0.1) is 17.1 Å². The van der Waals surface area contributed by atoms with E-state index in [9.17, 15) is 4.39 Å². The number of nitrogens with zero attached hydrogens (tertiary/aromatic N) is 6. The van der Waals surface area contributed by atoms with Gasteiger partial charge in [-0.1, -0.05) is 0 Å². The van der Waals surface area contributed by atoms with Gasteiger partial charge in [-0.25, -0.2) is 19.0 Å². The molecule has 0 bridgehead atoms. The van der Waals surface area contributed by atoms with Crippen LogP contribution in [0.2, 0.25) is 0 Å². The lowest BCUT2D eigenvalue weighted by molar-refractivity contribution is 0.618. The van der Waals surface area contributed by atoms with Gasteiger partial charge in [0.25, 0.3) is 0 Å². The highest BCUT2D eigenvalue weighted by Crippen LogP contribution is 2.16. The molecule has 0 aliphatic rings. The minimum atomic E-state index is -0.429. The molecule has 3 rings (SSSR count). The van der Waals surface area contributed by atoms with E-state index in [1.807, 2.05) is 6.07 Å². The van der Waals surface area contributed by atoms with E-state index in [-0.39, 0.29) is 5.82 Å². The second kappa shape index (κ2) is 4.85. The van der Waals surface area contributed by atoms with Crippen molar-refractivity contribution in [1.29, 1.82) is 5.26 Å². The highest BCUT2D eigenvalue weighted by Gasteiger charge is 2.06. The van der Waals surface area contributed by atoms with Crippen molar-refractivity contribution >= 4 is 0 Å². The number of rotatable bonds is 2. The molecule has 3 heterocycles. The van der Waals surface area contributed by atoms with Crippen LogP contribution in [0.4, 0.5) is 4.39 Å². The Morgan fingerprint density at radius 2 is 1.95 bits per heavy atom. The summed E-state index contributed by atoms with van der Waals surface area (Å²) < 4.78 is 14.6. The second-order valence-corrected chi connectivity index (χ2v) is 3.91. The minimum absolute atomic E-state index is 0.0995. The highest BCUT2D eigenvalue weighted by molar-refractivity contribution is 5.56. The molecule has 0 aliphatic carbocycles. The summed E-state index contributed by atoms with van der Waals surface area (Å²) in [6.07, 6.45) is 7.35. The van der Waals surface area contributed by atoms with E-state index in [1.165, 1.54) is 29.3 Å². The molecule has 0 spiro atoms. The number of hydrogen-bond acceptors (Lipinski definition) is 5. The van der Waals surface area contributed by atoms with E-state index in [4.69, 9.17) is 5.26 Å². The lowest BCUT2D eigenvalue weighted by Gasteiger charge is -2.00. The Balaban J connectivity index is 1.95. The smallest absolute Gasteiger partial charge is 0.232 e. The lowest BCUT2D eigenvalue weighted by Crippen LogP contribution is -1.97. The van der Waals surface area contributed by atoms with Crippen molar-refractivity contribution in [2.45, 2.75) is 0 Å². The monoisotopic (exact) mass is 266 g/mol. The average molecular weight is 266 g/mol. The topological polar surface area (TPSA) is 80.3 Å². The van der Waals surface area contributed by atoms with Gasteiger partial charge in [-0.3, -0.25) is 4.98 Å². The Morgan fingerprint density at radius 1 is 1.15 bits per heavy atom. The second-order valence-electron chi connectivity index (χ2n) is 3.91. The molecule has 0 unspecified atom stereocenters. The summed E-state index contributed by atoms with van der Waals surface area (Å²) in [5.41, 5.74) is 1.82. The molecule has 0 aromatic carbocycles. The van der Waals surface area contributed by atoms with E-state index in [1.54, 1.807) is 12.3 Å². The van der Waals surface area contributed by atoms with Crippen molar-refractivity contribution in [1.82, 2.24) is 24.7 Å². The standard InChI is InChI=1S/C13H7FN6/c14-10-3-11(8-16-7-10)20-2-1-12(19-20)9-5-17-13(4-15)18-6-9/h1-3,5-8H. The molecule has 0 N–H and O–H groups in total. The SMILES string of the molecule is N#Cc1ncc(-c2ccn(-c3cncc(F)c3)n2)cn1. The molecule has 6 nitrogen and oxygen atoms in total. The van der Waals surface area contributed by atoms with Crippen LogP contribution in [-0.4, -0.2) is 24.7 Å². The van der Waals surface area contributed by atoms with E-state index >= 15 is 0 Å². The predicted molar refractivity (Wildman–Crippen MR) is 67.1 cm³/mol. The Hall–Kier alpha value is -3.14. The first-order valence-electron chi connectivity index (χ1n) is 5.65. The fourth-order valence-corrected chi connectivity index (χ4v) is 1.67. The van der Waals surface area contributed by atoms with Crippen LogP contribution in [0.5, 0.6) is 0 Å². The minimum Gasteiger partial charge on any atom is -0.259 e. The third-order valence-electron chi connectivity index (χ3n) is 2.59. The Labute approximate surface area is 113 Å².